The Hall–Kier alpha value is -2.80. The van der Waals surface area contributed by atoms with Crippen molar-refractivity contribution in [1.29, 1.82) is 0 Å². The second-order valence-corrected chi connectivity index (χ2v) is 8.95. The fourth-order valence-corrected chi connectivity index (χ4v) is 4.85. The van der Waals surface area contributed by atoms with Gasteiger partial charge >= 0.3 is 0 Å². The maximum absolute atomic E-state index is 13.3. The minimum atomic E-state index is -0.0403. The van der Waals surface area contributed by atoms with Crippen molar-refractivity contribution in [1.82, 2.24) is 14.5 Å². The summed E-state index contributed by atoms with van der Waals surface area (Å²) in [7, 11) is 0. The van der Waals surface area contributed by atoms with Crippen LogP contribution in [-0.4, -0.2) is 26.1 Å². The molecule has 0 N–H and O–H groups in total. The minimum Gasteiger partial charge on any atom is -0.467 e. The highest BCUT2D eigenvalue weighted by Crippen LogP contribution is 2.25. The number of benzene rings is 1. The molecule has 0 bridgehead atoms. The molecule has 2 heterocycles. The highest BCUT2D eigenvalue weighted by molar-refractivity contribution is 7.99. The van der Waals surface area contributed by atoms with Gasteiger partial charge in [-0.25, -0.2) is 4.98 Å². The molecule has 7 heteroatoms. The predicted molar refractivity (Wildman–Crippen MR) is 127 cm³/mol. The van der Waals surface area contributed by atoms with Crippen LogP contribution in [0.3, 0.4) is 0 Å². The van der Waals surface area contributed by atoms with E-state index in [1.54, 1.807) is 10.8 Å². The number of unbranched alkanes of at least 4 members (excludes halogenated alkanes) is 1. The van der Waals surface area contributed by atoms with E-state index in [9.17, 15) is 9.59 Å². The molecular formula is C25H29N3O3S. The maximum atomic E-state index is 13.3. The van der Waals surface area contributed by atoms with Gasteiger partial charge in [0.1, 0.15) is 5.76 Å². The molecule has 1 aliphatic carbocycles. The zero-order valence-corrected chi connectivity index (χ0v) is 19.3. The summed E-state index contributed by atoms with van der Waals surface area (Å²) in [5, 5.41) is 1.22. The predicted octanol–water partition coefficient (Wildman–Crippen LogP) is 5.37. The van der Waals surface area contributed by atoms with Crippen molar-refractivity contribution in [2.75, 3.05) is 5.75 Å². The van der Waals surface area contributed by atoms with Gasteiger partial charge in [-0.3, -0.25) is 14.2 Å². The summed E-state index contributed by atoms with van der Waals surface area (Å²) in [4.78, 5) is 33.0. The number of carbonyl (C=O) groups is 1. The molecule has 0 saturated carbocycles. The van der Waals surface area contributed by atoms with Gasteiger partial charge in [-0.2, -0.15) is 0 Å². The summed E-state index contributed by atoms with van der Waals surface area (Å²) >= 11 is 1.34. The number of amides is 1. The van der Waals surface area contributed by atoms with Crippen LogP contribution in [0.1, 0.15) is 51.2 Å². The average Bonchev–Trinajstić information content (AvgIpc) is 3.34. The summed E-state index contributed by atoms with van der Waals surface area (Å²) in [5.74, 6) is 0.983. The van der Waals surface area contributed by atoms with Gasteiger partial charge in [0.15, 0.2) is 5.16 Å². The highest BCUT2D eigenvalue weighted by Gasteiger charge is 2.22. The topological polar surface area (TPSA) is 68.3 Å². The molecule has 2 aromatic heterocycles. The van der Waals surface area contributed by atoms with Gasteiger partial charge in [-0.1, -0.05) is 43.3 Å². The third-order valence-corrected chi connectivity index (χ3v) is 6.66. The van der Waals surface area contributed by atoms with Crippen molar-refractivity contribution in [2.24, 2.45) is 0 Å². The molecule has 32 heavy (non-hydrogen) atoms. The smallest absolute Gasteiger partial charge is 0.262 e. The molecule has 4 rings (SSSR count). The lowest BCUT2D eigenvalue weighted by atomic mass is 10.0. The van der Waals surface area contributed by atoms with Crippen LogP contribution in [0.5, 0.6) is 0 Å². The summed E-state index contributed by atoms with van der Waals surface area (Å²) in [5.41, 5.74) is 1.69. The first-order valence-corrected chi connectivity index (χ1v) is 12.3. The number of furan rings is 1. The van der Waals surface area contributed by atoms with Gasteiger partial charge in [0.25, 0.3) is 5.56 Å². The van der Waals surface area contributed by atoms with E-state index >= 15 is 0 Å². The van der Waals surface area contributed by atoms with Gasteiger partial charge in [0.2, 0.25) is 5.91 Å². The fraction of sp³-hybridized carbons (Fsp3) is 0.400. The van der Waals surface area contributed by atoms with Crippen LogP contribution in [0, 0.1) is 0 Å². The SMILES string of the molecule is CCCCn1c(SCC(=O)N(Cc2ccco2)C2=CCCCC2)nc2ccccc2c1=O. The largest absolute Gasteiger partial charge is 0.467 e. The van der Waals surface area contributed by atoms with Crippen LogP contribution in [-0.2, 0) is 17.9 Å². The molecule has 0 spiro atoms. The first-order valence-electron chi connectivity index (χ1n) is 11.3. The molecule has 0 saturated heterocycles. The van der Waals surface area contributed by atoms with E-state index in [4.69, 9.17) is 9.40 Å². The number of allylic oxidation sites excluding steroid dienone is 2. The average molecular weight is 452 g/mol. The lowest BCUT2D eigenvalue weighted by Crippen LogP contribution is -2.32. The van der Waals surface area contributed by atoms with Gasteiger partial charge in [0.05, 0.1) is 29.5 Å². The van der Waals surface area contributed by atoms with E-state index < -0.39 is 0 Å². The Morgan fingerprint density at radius 2 is 2.09 bits per heavy atom. The Morgan fingerprint density at radius 1 is 1.22 bits per heavy atom. The van der Waals surface area contributed by atoms with Crippen molar-refractivity contribution in [3.8, 4) is 0 Å². The number of para-hydroxylation sites is 1. The first-order chi connectivity index (χ1) is 15.7. The van der Waals surface area contributed by atoms with E-state index in [0.717, 1.165) is 50.0 Å². The molecule has 0 aliphatic heterocycles. The Morgan fingerprint density at radius 3 is 2.84 bits per heavy atom. The molecule has 168 valence electrons. The molecule has 0 unspecified atom stereocenters. The lowest BCUT2D eigenvalue weighted by molar-refractivity contribution is -0.127. The molecular weight excluding hydrogens is 422 g/mol. The van der Waals surface area contributed by atoms with Gasteiger partial charge in [0, 0.05) is 12.2 Å². The monoisotopic (exact) mass is 451 g/mol. The van der Waals surface area contributed by atoms with Crippen molar-refractivity contribution in [3.05, 3.63) is 70.5 Å². The number of carbonyl (C=O) groups excluding carboxylic acids is 1. The van der Waals surface area contributed by atoms with Gasteiger partial charge in [-0.15, -0.1) is 0 Å². The number of hydrogen-bond donors (Lipinski definition) is 0. The third kappa shape index (κ3) is 5.15. The van der Waals surface area contributed by atoms with Crippen LogP contribution in [0.15, 0.2) is 68.8 Å². The van der Waals surface area contributed by atoms with Crippen LogP contribution in [0.2, 0.25) is 0 Å². The first kappa shape index (κ1) is 22.4. The van der Waals surface area contributed by atoms with E-state index in [0.29, 0.717) is 29.1 Å². The number of aromatic nitrogens is 2. The van der Waals surface area contributed by atoms with Crippen LogP contribution in [0.4, 0.5) is 0 Å². The van der Waals surface area contributed by atoms with E-state index in [-0.39, 0.29) is 17.2 Å². The molecule has 1 amide bonds. The second kappa shape index (κ2) is 10.7. The zero-order valence-electron chi connectivity index (χ0n) is 18.5. The molecule has 0 fully saturated rings. The number of thioether (sulfide) groups is 1. The lowest BCUT2D eigenvalue weighted by Gasteiger charge is -2.27. The van der Waals surface area contributed by atoms with E-state index in [1.807, 2.05) is 41.3 Å². The van der Waals surface area contributed by atoms with Crippen molar-refractivity contribution in [3.63, 3.8) is 0 Å². The zero-order chi connectivity index (χ0) is 22.3. The normalized spacial score (nSPS) is 13.8. The summed E-state index contributed by atoms with van der Waals surface area (Å²) in [6.45, 7) is 3.12. The van der Waals surface area contributed by atoms with Crippen LogP contribution >= 0.6 is 11.8 Å². The Labute approximate surface area is 192 Å². The Bertz CT molecular complexity index is 1150. The summed E-state index contributed by atoms with van der Waals surface area (Å²) in [6, 6.07) is 11.1. The van der Waals surface area contributed by atoms with Crippen LogP contribution < -0.4 is 5.56 Å². The van der Waals surface area contributed by atoms with Gasteiger partial charge < -0.3 is 9.32 Å². The fourth-order valence-electron chi connectivity index (χ4n) is 3.95. The standard InChI is InChI=1S/C25H29N3O3S/c1-2-3-15-27-24(30)21-13-7-8-14-22(21)26-25(27)32-18-23(29)28(17-20-12-9-16-31-20)19-10-5-4-6-11-19/h7-10,12-14,16H,2-6,11,15,17-18H2,1H3. The maximum Gasteiger partial charge on any atom is 0.262 e. The number of rotatable bonds is 9. The van der Waals surface area contributed by atoms with Gasteiger partial charge in [-0.05, 0) is 56.4 Å². The van der Waals surface area contributed by atoms with Crippen molar-refractivity contribution < 1.29 is 9.21 Å². The van der Waals surface area contributed by atoms with Crippen LogP contribution in [0.25, 0.3) is 10.9 Å². The Balaban J connectivity index is 1.58. The molecule has 6 nitrogen and oxygen atoms in total. The quantitative estimate of drug-likeness (QED) is 0.323. The summed E-state index contributed by atoms with van der Waals surface area (Å²) in [6.07, 6.45) is 9.80. The number of nitrogens with zero attached hydrogens (tertiary/aromatic N) is 3. The van der Waals surface area contributed by atoms with Crippen molar-refractivity contribution >= 4 is 28.6 Å². The third-order valence-electron chi connectivity index (χ3n) is 5.70. The Kier molecular flexibility index (Phi) is 7.47. The molecule has 0 atom stereocenters. The van der Waals surface area contributed by atoms with Crippen molar-refractivity contribution in [2.45, 2.75) is 63.7 Å². The van der Waals surface area contributed by atoms with E-state index in [1.165, 1.54) is 11.8 Å². The molecule has 1 aliphatic rings. The van der Waals surface area contributed by atoms with E-state index in [2.05, 4.69) is 13.0 Å². The summed E-state index contributed by atoms with van der Waals surface area (Å²) < 4.78 is 7.23. The minimum absolute atomic E-state index is 0.00370. The molecule has 1 aromatic carbocycles. The number of fused-ring (bicyclic) bond motifs is 1. The number of hydrogen-bond acceptors (Lipinski definition) is 5. The molecule has 3 aromatic rings. The molecule has 0 radical (unpaired) electrons. The highest BCUT2D eigenvalue weighted by atomic mass is 32.2. The second-order valence-electron chi connectivity index (χ2n) is 8.01.